The maximum atomic E-state index is 11.2. The van der Waals surface area contributed by atoms with Crippen molar-refractivity contribution >= 4 is 11.9 Å². The van der Waals surface area contributed by atoms with E-state index in [9.17, 15) is 14.7 Å². The van der Waals surface area contributed by atoms with Crippen molar-refractivity contribution in [1.29, 1.82) is 0 Å². The zero-order valence-electron chi connectivity index (χ0n) is 6.58. The van der Waals surface area contributed by atoms with Gasteiger partial charge in [0.1, 0.15) is 0 Å². The van der Waals surface area contributed by atoms with Crippen LogP contribution in [0, 0.1) is 11.8 Å². The van der Waals surface area contributed by atoms with Gasteiger partial charge in [0.15, 0.2) is 0 Å². The molecule has 0 aromatic carbocycles. The van der Waals surface area contributed by atoms with Gasteiger partial charge in [-0.2, -0.15) is 0 Å². The third-order valence-electron chi connectivity index (χ3n) is 2.35. The molecule has 66 valence electrons. The summed E-state index contributed by atoms with van der Waals surface area (Å²) in [5.74, 6) is -2.03. The Kier molecular flexibility index (Phi) is 1.56. The number of rotatable bonds is 3. The summed E-state index contributed by atoms with van der Waals surface area (Å²) < 4.78 is 0. The second kappa shape index (κ2) is 2.47. The predicted molar refractivity (Wildman–Crippen MR) is 37.8 cm³/mol. The number of carbonyl (C=O) groups is 2. The Labute approximate surface area is 69.9 Å². The van der Waals surface area contributed by atoms with Crippen LogP contribution in [0.1, 0.15) is 19.3 Å². The zero-order chi connectivity index (χ0) is 8.72. The van der Waals surface area contributed by atoms with Crippen LogP contribution in [0.4, 0.5) is 0 Å². The van der Waals surface area contributed by atoms with Crippen molar-refractivity contribution in [2.45, 2.75) is 25.3 Å². The summed E-state index contributed by atoms with van der Waals surface area (Å²) in [6, 6.07) is 0.320. The second-order valence-electron chi connectivity index (χ2n) is 3.55. The Bertz CT molecular complexity index is 234. The Hall–Kier alpha value is -1.06. The van der Waals surface area contributed by atoms with Crippen molar-refractivity contribution in [3.8, 4) is 0 Å². The highest BCUT2D eigenvalue weighted by molar-refractivity contribution is 5.89. The first-order chi connectivity index (χ1) is 5.68. The molecule has 1 N–H and O–H groups in total. The van der Waals surface area contributed by atoms with Gasteiger partial charge in [-0.05, 0) is 19.3 Å². The number of nitrogens with one attached hydrogen (secondary N) is 1. The summed E-state index contributed by atoms with van der Waals surface area (Å²) in [4.78, 5) is 21.5. The Morgan fingerprint density at radius 1 is 1.25 bits per heavy atom. The van der Waals surface area contributed by atoms with Gasteiger partial charge in [0.2, 0.25) is 5.91 Å². The minimum atomic E-state index is -1.09. The summed E-state index contributed by atoms with van der Waals surface area (Å²) in [5, 5.41) is 13.1. The lowest BCUT2D eigenvalue weighted by Crippen LogP contribution is -2.31. The molecule has 2 fully saturated rings. The molecule has 2 rings (SSSR count). The van der Waals surface area contributed by atoms with Crippen LogP contribution >= 0.6 is 0 Å². The van der Waals surface area contributed by atoms with Gasteiger partial charge in [0, 0.05) is 23.8 Å². The van der Waals surface area contributed by atoms with Crippen LogP contribution in [-0.4, -0.2) is 17.9 Å². The first-order valence-electron chi connectivity index (χ1n) is 4.19. The average molecular weight is 168 g/mol. The molecule has 0 aromatic heterocycles. The lowest BCUT2D eigenvalue weighted by Gasteiger charge is -2.02. The number of amides is 1. The molecule has 2 aliphatic rings. The average Bonchev–Trinajstić information content (AvgIpc) is 2.82. The smallest absolute Gasteiger partial charge is 0.224 e. The highest BCUT2D eigenvalue weighted by Gasteiger charge is 2.45. The number of hydrogen-bond acceptors (Lipinski definition) is 3. The van der Waals surface area contributed by atoms with E-state index in [0.29, 0.717) is 12.5 Å². The summed E-state index contributed by atoms with van der Waals surface area (Å²) in [7, 11) is 0. The van der Waals surface area contributed by atoms with E-state index < -0.39 is 11.9 Å². The largest absolute Gasteiger partial charge is 0.550 e. The van der Waals surface area contributed by atoms with Crippen LogP contribution in [0.5, 0.6) is 0 Å². The van der Waals surface area contributed by atoms with Gasteiger partial charge in [-0.3, -0.25) is 4.79 Å². The van der Waals surface area contributed by atoms with Crippen molar-refractivity contribution in [3.05, 3.63) is 0 Å². The van der Waals surface area contributed by atoms with Gasteiger partial charge >= 0.3 is 0 Å². The molecular formula is C8H10NO3-. The first kappa shape index (κ1) is 7.58. The molecule has 0 aliphatic heterocycles. The van der Waals surface area contributed by atoms with Crippen molar-refractivity contribution in [1.82, 2.24) is 5.32 Å². The number of carboxylic acids is 1. The summed E-state index contributed by atoms with van der Waals surface area (Å²) in [5.41, 5.74) is 0. The highest BCUT2D eigenvalue weighted by atomic mass is 16.4. The van der Waals surface area contributed by atoms with Crippen LogP contribution in [0.3, 0.4) is 0 Å². The lowest BCUT2D eigenvalue weighted by atomic mass is 10.3. The fourth-order valence-electron chi connectivity index (χ4n) is 1.28. The molecule has 2 saturated carbocycles. The summed E-state index contributed by atoms with van der Waals surface area (Å²) >= 11 is 0. The van der Waals surface area contributed by atoms with Crippen molar-refractivity contribution in [2.75, 3.05) is 0 Å². The number of aliphatic carboxylic acids is 1. The number of hydrogen-bond donors (Lipinski definition) is 1. The molecule has 0 saturated heterocycles. The van der Waals surface area contributed by atoms with Crippen LogP contribution in [0.2, 0.25) is 0 Å². The SMILES string of the molecule is O=C([O-])C1CC1C(=O)NC1CC1. The topological polar surface area (TPSA) is 69.2 Å². The maximum absolute atomic E-state index is 11.2. The normalized spacial score (nSPS) is 32.7. The van der Waals surface area contributed by atoms with E-state index in [0.717, 1.165) is 12.8 Å². The van der Waals surface area contributed by atoms with Crippen LogP contribution in [0.15, 0.2) is 0 Å². The van der Waals surface area contributed by atoms with Gasteiger partial charge in [-0.15, -0.1) is 0 Å². The minimum Gasteiger partial charge on any atom is -0.550 e. The molecule has 0 bridgehead atoms. The Balaban J connectivity index is 1.79. The van der Waals surface area contributed by atoms with E-state index in [1.165, 1.54) is 0 Å². The monoisotopic (exact) mass is 168 g/mol. The van der Waals surface area contributed by atoms with E-state index in [1.54, 1.807) is 0 Å². The van der Waals surface area contributed by atoms with Crippen LogP contribution in [-0.2, 0) is 9.59 Å². The molecule has 2 atom stereocenters. The molecule has 12 heavy (non-hydrogen) atoms. The summed E-state index contributed by atoms with van der Waals surface area (Å²) in [6.07, 6.45) is 2.53. The molecule has 2 aliphatic carbocycles. The second-order valence-corrected chi connectivity index (χ2v) is 3.55. The molecule has 0 spiro atoms. The molecule has 1 amide bonds. The lowest BCUT2D eigenvalue weighted by molar-refractivity contribution is -0.308. The minimum absolute atomic E-state index is 0.105. The molecule has 4 heteroatoms. The number of carboxylic acid groups (broad SMARTS) is 1. The van der Waals surface area contributed by atoms with E-state index in [2.05, 4.69) is 5.32 Å². The van der Waals surface area contributed by atoms with Gasteiger partial charge in [0.25, 0.3) is 0 Å². The molecule has 2 unspecified atom stereocenters. The Morgan fingerprint density at radius 3 is 2.33 bits per heavy atom. The van der Waals surface area contributed by atoms with Gasteiger partial charge in [-0.25, -0.2) is 0 Å². The van der Waals surface area contributed by atoms with Gasteiger partial charge in [0.05, 0.1) is 0 Å². The first-order valence-corrected chi connectivity index (χ1v) is 4.19. The molecular weight excluding hydrogens is 158 g/mol. The standard InChI is InChI=1S/C8H11NO3/c10-7(9-4-1-2-4)5-3-6(5)8(11)12/h4-6H,1-3H2,(H,9,10)(H,11,12)/p-1. The molecule has 0 heterocycles. The fourth-order valence-corrected chi connectivity index (χ4v) is 1.28. The van der Waals surface area contributed by atoms with E-state index >= 15 is 0 Å². The third kappa shape index (κ3) is 1.42. The van der Waals surface area contributed by atoms with Gasteiger partial charge < -0.3 is 15.2 Å². The van der Waals surface area contributed by atoms with E-state index in [4.69, 9.17) is 0 Å². The molecule has 0 aromatic rings. The third-order valence-corrected chi connectivity index (χ3v) is 2.35. The number of carbonyl (C=O) groups excluding carboxylic acids is 2. The predicted octanol–water partition coefficient (Wildman–Crippen LogP) is -1.35. The zero-order valence-corrected chi connectivity index (χ0v) is 6.58. The molecule has 4 nitrogen and oxygen atoms in total. The van der Waals surface area contributed by atoms with Crippen molar-refractivity contribution in [2.24, 2.45) is 11.8 Å². The van der Waals surface area contributed by atoms with Crippen molar-refractivity contribution < 1.29 is 14.7 Å². The highest BCUT2D eigenvalue weighted by Crippen LogP contribution is 2.38. The van der Waals surface area contributed by atoms with Crippen LogP contribution < -0.4 is 10.4 Å². The maximum Gasteiger partial charge on any atom is 0.224 e. The molecule has 0 radical (unpaired) electrons. The van der Waals surface area contributed by atoms with E-state index in [1.807, 2.05) is 0 Å². The fraction of sp³-hybridized carbons (Fsp3) is 0.750. The quantitative estimate of drug-likeness (QED) is 0.566. The van der Waals surface area contributed by atoms with E-state index in [-0.39, 0.29) is 11.8 Å². The van der Waals surface area contributed by atoms with Crippen LogP contribution in [0.25, 0.3) is 0 Å². The summed E-state index contributed by atoms with van der Waals surface area (Å²) in [6.45, 7) is 0. The Morgan fingerprint density at radius 2 is 1.92 bits per heavy atom. The van der Waals surface area contributed by atoms with Gasteiger partial charge in [-0.1, -0.05) is 0 Å². The van der Waals surface area contributed by atoms with Crippen molar-refractivity contribution in [3.63, 3.8) is 0 Å².